The van der Waals surface area contributed by atoms with Crippen LogP contribution in [0.1, 0.15) is 35.8 Å². The number of aryl methyl sites for hydroxylation is 1. The third-order valence-electron chi connectivity index (χ3n) is 6.49. The van der Waals surface area contributed by atoms with E-state index in [1.807, 2.05) is 51.1 Å². The molecular formula is C29H28N4O4S. The van der Waals surface area contributed by atoms with Gasteiger partial charge in [0, 0.05) is 34.5 Å². The van der Waals surface area contributed by atoms with Crippen LogP contribution in [0.25, 0.3) is 0 Å². The Hall–Kier alpha value is -4.24. The number of thioether (sulfide) groups is 1. The fourth-order valence-electron chi connectivity index (χ4n) is 4.71. The lowest BCUT2D eigenvalue weighted by molar-refractivity contribution is -0.114. The lowest BCUT2D eigenvalue weighted by Crippen LogP contribution is -2.31. The molecule has 0 fully saturated rings. The number of hydrogen-bond donors (Lipinski definition) is 3. The fraction of sp³-hybridized carbons (Fsp3) is 0.207. The molecule has 0 bridgehead atoms. The van der Waals surface area contributed by atoms with E-state index < -0.39 is 5.92 Å². The van der Waals surface area contributed by atoms with Crippen LogP contribution in [0.15, 0.2) is 88.7 Å². The Morgan fingerprint density at radius 3 is 2.53 bits per heavy atom. The van der Waals surface area contributed by atoms with Crippen molar-refractivity contribution in [2.45, 2.75) is 26.7 Å². The molecule has 0 saturated heterocycles. The first kappa shape index (κ1) is 25.4. The van der Waals surface area contributed by atoms with Crippen LogP contribution in [-0.4, -0.2) is 34.6 Å². The number of fused-ring (bicyclic) bond motifs is 3. The minimum Gasteiger partial charge on any atom is -0.494 e. The van der Waals surface area contributed by atoms with E-state index in [2.05, 4.69) is 16.0 Å². The van der Waals surface area contributed by atoms with Gasteiger partial charge in [0.05, 0.1) is 28.9 Å². The first-order valence-corrected chi connectivity index (χ1v) is 13.3. The number of carbonyl (C=O) groups is 3. The van der Waals surface area contributed by atoms with E-state index in [0.717, 1.165) is 17.0 Å². The molecule has 0 radical (unpaired) electrons. The van der Waals surface area contributed by atoms with E-state index in [-0.39, 0.29) is 23.5 Å². The van der Waals surface area contributed by atoms with E-state index in [0.29, 0.717) is 39.9 Å². The summed E-state index contributed by atoms with van der Waals surface area (Å²) in [5.74, 6) is -0.388. The molecule has 1 unspecified atom stereocenters. The second-order valence-electron chi connectivity index (χ2n) is 9.01. The highest BCUT2D eigenvalue weighted by atomic mass is 32.2. The smallest absolute Gasteiger partial charge is 0.261 e. The molecule has 3 N–H and O–H groups in total. The summed E-state index contributed by atoms with van der Waals surface area (Å²) in [6.07, 6.45) is 1.70. The van der Waals surface area contributed by atoms with Crippen LogP contribution in [0.5, 0.6) is 5.75 Å². The molecule has 3 heterocycles. The van der Waals surface area contributed by atoms with Gasteiger partial charge in [-0.3, -0.25) is 19.0 Å². The number of anilines is 2. The number of dihydropyridines is 1. The molecule has 2 aliphatic rings. The van der Waals surface area contributed by atoms with E-state index in [1.54, 1.807) is 41.1 Å². The van der Waals surface area contributed by atoms with Crippen LogP contribution < -0.4 is 20.7 Å². The summed E-state index contributed by atoms with van der Waals surface area (Å²) in [4.78, 5) is 39.6. The number of ether oxygens (including phenoxy) is 1. The standard InChI is InChI=1S/C29H28N4O4S/c1-4-37-20-13-11-19(12-14-20)31-23(34)16-38-28-26-25(22-10-7-15-33(22)29(26)36)24(18(3)30-28)27(35)32-21-9-6-5-8-17(21)2/h5-15,25,30H,4,16H2,1-3H3,(H,31,34)(H,32,35). The number of benzene rings is 2. The van der Waals surface area contributed by atoms with Crippen LogP contribution in [0, 0.1) is 6.92 Å². The number of rotatable bonds is 8. The predicted molar refractivity (Wildman–Crippen MR) is 149 cm³/mol. The summed E-state index contributed by atoms with van der Waals surface area (Å²) >= 11 is 1.25. The minimum atomic E-state index is -0.528. The van der Waals surface area contributed by atoms with Crippen molar-refractivity contribution in [2.75, 3.05) is 23.0 Å². The Morgan fingerprint density at radius 1 is 1.03 bits per heavy atom. The molecule has 5 rings (SSSR count). The van der Waals surface area contributed by atoms with Crippen molar-refractivity contribution in [3.8, 4) is 5.75 Å². The molecule has 38 heavy (non-hydrogen) atoms. The minimum absolute atomic E-state index is 0.0892. The molecule has 194 valence electrons. The predicted octanol–water partition coefficient (Wildman–Crippen LogP) is 5.03. The maximum atomic E-state index is 13.5. The van der Waals surface area contributed by atoms with Crippen molar-refractivity contribution < 1.29 is 19.1 Å². The average molecular weight is 529 g/mol. The fourth-order valence-corrected chi connectivity index (χ4v) is 5.64. The van der Waals surface area contributed by atoms with Crippen LogP contribution >= 0.6 is 11.8 Å². The molecule has 0 spiro atoms. The number of hydrogen-bond acceptors (Lipinski definition) is 6. The van der Waals surface area contributed by atoms with E-state index in [4.69, 9.17) is 4.74 Å². The van der Waals surface area contributed by atoms with Crippen molar-refractivity contribution in [1.82, 2.24) is 9.88 Å². The molecule has 8 nitrogen and oxygen atoms in total. The number of carbonyl (C=O) groups excluding carboxylic acids is 3. The Morgan fingerprint density at radius 2 is 1.79 bits per heavy atom. The quantitative estimate of drug-likeness (QED) is 0.379. The zero-order chi connectivity index (χ0) is 26.8. The molecule has 3 aromatic rings. The Labute approximate surface area is 225 Å². The first-order valence-electron chi connectivity index (χ1n) is 12.3. The van der Waals surface area contributed by atoms with Gasteiger partial charge < -0.3 is 20.7 Å². The molecule has 2 aromatic carbocycles. The van der Waals surface area contributed by atoms with Crippen molar-refractivity contribution in [3.63, 3.8) is 0 Å². The Bertz CT molecular complexity index is 1490. The molecular weight excluding hydrogens is 500 g/mol. The Kier molecular flexibility index (Phi) is 7.11. The van der Waals surface area contributed by atoms with Crippen LogP contribution in [0.3, 0.4) is 0 Å². The highest BCUT2D eigenvalue weighted by Gasteiger charge is 2.44. The maximum absolute atomic E-state index is 13.5. The first-order chi connectivity index (χ1) is 18.4. The van der Waals surface area contributed by atoms with Crippen LogP contribution in [-0.2, 0) is 9.59 Å². The second kappa shape index (κ2) is 10.6. The van der Waals surface area contributed by atoms with Crippen molar-refractivity contribution >= 4 is 40.9 Å². The number of aromatic nitrogens is 1. The largest absolute Gasteiger partial charge is 0.494 e. The molecule has 2 aliphatic heterocycles. The topological polar surface area (TPSA) is 101 Å². The van der Waals surface area contributed by atoms with Crippen LogP contribution in [0.2, 0.25) is 0 Å². The highest BCUT2D eigenvalue weighted by Crippen LogP contribution is 2.46. The van der Waals surface area contributed by atoms with Gasteiger partial charge in [-0.25, -0.2) is 0 Å². The van der Waals surface area contributed by atoms with Gasteiger partial charge in [-0.05, 0) is 68.8 Å². The van der Waals surface area contributed by atoms with Gasteiger partial charge in [0.1, 0.15) is 5.75 Å². The van der Waals surface area contributed by atoms with E-state index >= 15 is 0 Å². The molecule has 0 saturated carbocycles. The van der Waals surface area contributed by atoms with Gasteiger partial charge in [0.25, 0.3) is 11.8 Å². The Balaban J connectivity index is 1.36. The summed E-state index contributed by atoms with van der Waals surface area (Å²) in [6, 6.07) is 18.4. The van der Waals surface area contributed by atoms with Crippen molar-refractivity contribution in [1.29, 1.82) is 0 Å². The van der Waals surface area contributed by atoms with Gasteiger partial charge >= 0.3 is 0 Å². The maximum Gasteiger partial charge on any atom is 0.261 e. The molecule has 9 heteroatoms. The van der Waals surface area contributed by atoms with E-state index in [1.165, 1.54) is 11.8 Å². The molecule has 1 aromatic heterocycles. The monoisotopic (exact) mass is 528 g/mol. The summed E-state index contributed by atoms with van der Waals surface area (Å²) in [7, 11) is 0. The second-order valence-corrected chi connectivity index (χ2v) is 10.00. The summed E-state index contributed by atoms with van der Waals surface area (Å²) in [6.45, 7) is 6.23. The number of nitrogens with zero attached hydrogens (tertiary/aromatic N) is 1. The van der Waals surface area contributed by atoms with Gasteiger partial charge in [-0.1, -0.05) is 30.0 Å². The molecule has 2 amide bonds. The molecule has 0 aliphatic carbocycles. The summed E-state index contributed by atoms with van der Waals surface area (Å²) < 4.78 is 7.01. The van der Waals surface area contributed by atoms with Gasteiger partial charge in [-0.15, -0.1) is 0 Å². The number of allylic oxidation sites excluding steroid dienone is 2. The lowest BCUT2D eigenvalue weighted by atomic mass is 9.86. The number of nitrogens with one attached hydrogen (secondary N) is 3. The third kappa shape index (κ3) is 4.84. The van der Waals surface area contributed by atoms with Crippen molar-refractivity contribution in [2.24, 2.45) is 0 Å². The zero-order valence-corrected chi connectivity index (χ0v) is 22.1. The van der Waals surface area contributed by atoms with Gasteiger partial charge in [0.2, 0.25) is 5.91 Å². The SMILES string of the molecule is CCOc1ccc(NC(=O)CSC2=C3C(=O)n4cccc4C3C(C(=O)Nc3ccccc3C)=C(C)N2)cc1. The van der Waals surface area contributed by atoms with Crippen molar-refractivity contribution in [3.05, 3.63) is 100.0 Å². The molecule has 1 atom stereocenters. The summed E-state index contributed by atoms with van der Waals surface area (Å²) in [5, 5.41) is 9.70. The highest BCUT2D eigenvalue weighted by molar-refractivity contribution is 8.03. The average Bonchev–Trinajstić information content (AvgIpc) is 3.48. The normalized spacial score (nSPS) is 16.1. The zero-order valence-electron chi connectivity index (χ0n) is 21.3. The van der Waals surface area contributed by atoms with Gasteiger partial charge in [0.15, 0.2) is 0 Å². The summed E-state index contributed by atoms with van der Waals surface area (Å²) in [5.41, 5.74) is 4.65. The number of para-hydroxylation sites is 1. The lowest BCUT2D eigenvalue weighted by Gasteiger charge is -2.27. The third-order valence-corrected chi connectivity index (χ3v) is 7.50. The number of amides is 2. The van der Waals surface area contributed by atoms with Crippen LogP contribution in [0.4, 0.5) is 11.4 Å². The van der Waals surface area contributed by atoms with E-state index in [9.17, 15) is 14.4 Å². The van der Waals surface area contributed by atoms with Gasteiger partial charge in [-0.2, -0.15) is 0 Å².